The predicted molar refractivity (Wildman–Crippen MR) is 143 cm³/mol. The Bertz CT molecular complexity index is 1440. The summed E-state index contributed by atoms with van der Waals surface area (Å²) in [7, 11) is 0. The molecule has 1 aliphatic rings. The number of allylic oxidation sites excluding steroid dienone is 1. The molecule has 4 aromatic rings. The third-order valence-corrected chi connectivity index (χ3v) is 8.28. The van der Waals surface area contributed by atoms with Gasteiger partial charge in [0.1, 0.15) is 28.3 Å². The molecule has 5 rings (SSSR count). The average Bonchev–Trinajstić information content (AvgIpc) is 3.42. The number of nitrogens with one attached hydrogen (secondary N) is 1. The van der Waals surface area contributed by atoms with Crippen molar-refractivity contribution in [3.05, 3.63) is 91.2 Å². The van der Waals surface area contributed by atoms with Crippen LogP contribution in [-0.4, -0.2) is 21.0 Å². The number of thioether (sulfide) groups is 1. The summed E-state index contributed by atoms with van der Waals surface area (Å²) in [6.07, 6.45) is 2.59. The van der Waals surface area contributed by atoms with Crippen molar-refractivity contribution in [1.82, 2.24) is 10.2 Å². The molecule has 1 saturated heterocycles. The average molecular weight is 551 g/mol. The van der Waals surface area contributed by atoms with Gasteiger partial charge in [0.05, 0.1) is 14.4 Å². The fourth-order valence-electron chi connectivity index (χ4n) is 3.79. The van der Waals surface area contributed by atoms with Gasteiger partial charge in [0.15, 0.2) is 5.78 Å². The van der Waals surface area contributed by atoms with E-state index in [1.165, 1.54) is 33.9 Å². The van der Waals surface area contributed by atoms with Crippen LogP contribution in [0.1, 0.15) is 34.0 Å². The van der Waals surface area contributed by atoms with Gasteiger partial charge in [-0.2, -0.15) is 0 Å². The van der Waals surface area contributed by atoms with Crippen molar-refractivity contribution in [1.29, 1.82) is 5.41 Å². The van der Waals surface area contributed by atoms with Crippen molar-refractivity contribution < 1.29 is 9.53 Å². The van der Waals surface area contributed by atoms with Crippen molar-refractivity contribution >= 4 is 66.7 Å². The fourth-order valence-corrected chi connectivity index (χ4v) is 6.25. The molecule has 2 heterocycles. The number of halogens is 1. The number of aromatic nitrogens is 2. The maximum absolute atomic E-state index is 13.0. The van der Waals surface area contributed by atoms with Crippen LogP contribution in [0, 0.1) is 5.41 Å². The number of nitrogens with zero attached hydrogens (tertiary/aromatic N) is 2. The molecule has 1 aromatic heterocycles. The zero-order valence-electron chi connectivity index (χ0n) is 18.2. The van der Waals surface area contributed by atoms with Crippen molar-refractivity contribution in [2.24, 2.45) is 0 Å². The number of hydrogen-bond donors (Lipinski definition) is 1. The number of benzene rings is 3. The standard InChI is InChI=1S/C26H20BrN3O2S2/c1-2-22-29-30-26(34-22)23-24(31)21(33-25(23)28)13-15-10-11-20(19(27)12-15)32-14-17-8-5-7-16-6-3-4-9-18(16)17/h3-13,23,28H,2,14H2,1H3/b21-13-,28-25?/t23-/m0/s1. The number of ether oxygens (including phenoxy) is 1. The van der Waals surface area contributed by atoms with Gasteiger partial charge in [0.25, 0.3) is 0 Å². The number of Topliss-reactive ketones (excluding diaryl/α,β-unsaturated/α-hetero) is 1. The summed E-state index contributed by atoms with van der Waals surface area (Å²) in [4.78, 5) is 13.6. The van der Waals surface area contributed by atoms with Gasteiger partial charge in [0, 0.05) is 0 Å². The molecule has 34 heavy (non-hydrogen) atoms. The Balaban J connectivity index is 1.32. The molecule has 1 N–H and O–H groups in total. The Morgan fingerprint density at radius 3 is 2.74 bits per heavy atom. The summed E-state index contributed by atoms with van der Waals surface area (Å²) >= 11 is 6.20. The van der Waals surface area contributed by atoms with Crippen LogP contribution < -0.4 is 4.74 Å². The van der Waals surface area contributed by atoms with Crippen molar-refractivity contribution in [3.63, 3.8) is 0 Å². The lowest BCUT2D eigenvalue weighted by Crippen LogP contribution is -2.11. The highest BCUT2D eigenvalue weighted by Gasteiger charge is 2.39. The molecular formula is C26H20BrN3O2S2. The van der Waals surface area contributed by atoms with Crippen LogP contribution >= 0.6 is 39.0 Å². The lowest BCUT2D eigenvalue weighted by atomic mass is 10.0. The predicted octanol–water partition coefficient (Wildman–Crippen LogP) is 7.01. The maximum Gasteiger partial charge on any atom is 0.186 e. The summed E-state index contributed by atoms with van der Waals surface area (Å²) in [5.74, 6) is -0.00550. The normalized spacial score (nSPS) is 17.1. The molecule has 0 saturated carbocycles. The Morgan fingerprint density at radius 2 is 1.94 bits per heavy atom. The zero-order chi connectivity index (χ0) is 23.7. The lowest BCUT2D eigenvalue weighted by Gasteiger charge is -2.11. The number of carbonyl (C=O) groups is 1. The minimum Gasteiger partial charge on any atom is -0.488 e. The molecule has 0 spiro atoms. The van der Waals surface area contributed by atoms with E-state index in [-0.39, 0.29) is 5.78 Å². The first-order chi connectivity index (χ1) is 16.5. The van der Waals surface area contributed by atoms with Gasteiger partial charge in [-0.15, -0.1) is 21.5 Å². The van der Waals surface area contributed by atoms with Gasteiger partial charge in [0.2, 0.25) is 0 Å². The second-order valence-corrected chi connectivity index (χ2v) is 10.8. The molecule has 8 heteroatoms. The summed E-state index contributed by atoms with van der Waals surface area (Å²) in [6, 6.07) is 20.2. The van der Waals surface area contributed by atoms with E-state index in [1.54, 1.807) is 0 Å². The van der Waals surface area contributed by atoms with Gasteiger partial charge in [-0.3, -0.25) is 10.2 Å². The Hall–Kier alpha value is -2.81. The largest absolute Gasteiger partial charge is 0.488 e. The molecule has 0 amide bonds. The number of aryl methyl sites for hydroxylation is 1. The van der Waals surface area contributed by atoms with E-state index < -0.39 is 5.92 Å². The molecule has 0 radical (unpaired) electrons. The van der Waals surface area contributed by atoms with Crippen molar-refractivity contribution in [2.75, 3.05) is 0 Å². The quantitative estimate of drug-likeness (QED) is 0.261. The Kier molecular flexibility index (Phi) is 6.63. The summed E-state index contributed by atoms with van der Waals surface area (Å²) in [5, 5.41) is 20.7. The highest BCUT2D eigenvalue weighted by molar-refractivity contribution is 9.10. The van der Waals surface area contributed by atoms with E-state index in [9.17, 15) is 4.79 Å². The SMILES string of the molecule is CCc1nnc([C@@H]2C(=N)S/C(=C\c3ccc(OCc4cccc5ccccc45)c(Br)c3)C2=O)s1. The van der Waals surface area contributed by atoms with Gasteiger partial charge in [-0.25, -0.2) is 0 Å². The molecule has 0 unspecified atom stereocenters. The van der Waals surface area contributed by atoms with Crippen LogP contribution in [0.2, 0.25) is 0 Å². The van der Waals surface area contributed by atoms with Crippen molar-refractivity contribution in [3.8, 4) is 5.75 Å². The van der Waals surface area contributed by atoms with Crippen molar-refractivity contribution in [2.45, 2.75) is 25.9 Å². The summed E-state index contributed by atoms with van der Waals surface area (Å²) < 4.78 is 6.90. The fraction of sp³-hybridized carbons (Fsp3) is 0.154. The van der Waals surface area contributed by atoms with Crippen LogP contribution in [0.5, 0.6) is 5.75 Å². The second-order valence-electron chi connectivity index (χ2n) is 7.78. The van der Waals surface area contributed by atoms with Crippen LogP contribution in [0.25, 0.3) is 16.8 Å². The molecule has 5 nitrogen and oxygen atoms in total. The third-order valence-electron chi connectivity index (χ3n) is 5.54. The van der Waals surface area contributed by atoms with E-state index in [1.807, 2.05) is 49.4 Å². The number of carbonyl (C=O) groups excluding carboxylic acids is 1. The first kappa shape index (κ1) is 23.0. The first-order valence-corrected chi connectivity index (χ1v) is 13.2. The molecule has 0 aliphatic carbocycles. The molecule has 3 aromatic carbocycles. The Labute approximate surface area is 213 Å². The highest BCUT2D eigenvalue weighted by atomic mass is 79.9. The zero-order valence-corrected chi connectivity index (χ0v) is 21.5. The molecule has 1 fully saturated rings. The minimum absolute atomic E-state index is 0.0961. The van der Waals surface area contributed by atoms with E-state index in [2.05, 4.69) is 50.4 Å². The van der Waals surface area contributed by atoms with Gasteiger partial charge >= 0.3 is 0 Å². The molecule has 170 valence electrons. The van der Waals surface area contributed by atoms with Crippen LogP contribution in [0.15, 0.2) is 70.0 Å². The minimum atomic E-state index is -0.638. The van der Waals surface area contributed by atoms with Gasteiger partial charge in [-0.05, 0) is 62.5 Å². The monoisotopic (exact) mass is 549 g/mol. The van der Waals surface area contributed by atoms with Crippen LogP contribution in [0.3, 0.4) is 0 Å². The van der Waals surface area contributed by atoms with E-state index in [4.69, 9.17) is 10.1 Å². The van der Waals surface area contributed by atoms with E-state index in [0.29, 0.717) is 21.6 Å². The van der Waals surface area contributed by atoms with Gasteiger partial charge in [-0.1, -0.05) is 67.2 Å². The number of ketones is 1. The molecular weight excluding hydrogens is 530 g/mol. The molecule has 0 bridgehead atoms. The Morgan fingerprint density at radius 1 is 1.12 bits per heavy atom. The lowest BCUT2D eigenvalue weighted by molar-refractivity contribution is -0.114. The first-order valence-electron chi connectivity index (χ1n) is 10.8. The number of hydrogen-bond acceptors (Lipinski definition) is 7. The third kappa shape index (κ3) is 4.58. The highest BCUT2D eigenvalue weighted by Crippen LogP contribution is 2.42. The maximum atomic E-state index is 13.0. The number of rotatable bonds is 6. The van der Waals surface area contributed by atoms with Gasteiger partial charge < -0.3 is 4.74 Å². The van der Waals surface area contributed by atoms with E-state index in [0.717, 1.165) is 32.8 Å². The number of fused-ring (bicyclic) bond motifs is 1. The topological polar surface area (TPSA) is 75.9 Å². The van der Waals surface area contributed by atoms with E-state index >= 15 is 0 Å². The summed E-state index contributed by atoms with van der Waals surface area (Å²) in [6.45, 7) is 2.45. The van der Waals surface area contributed by atoms with Crippen LogP contribution in [0.4, 0.5) is 0 Å². The smallest absolute Gasteiger partial charge is 0.186 e. The van der Waals surface area contributed by atoms with Crippen LogP contribution in [-0.2, 0) is 17.8 Å². The second kappa shape index (κ2) is 9.82. The molecule has 1 aliphatic heterocycles. The summed E-state index contributed by atoms with van der Waals surface area (Å²) in [5.41, 5.74) is 1.98. The molecule has 1 atom stereocenters.